The summed E-state index contributed by atoms with van der Waals surface area (Å²) in [5.41, 5.74) is 1.04. The number of rotatable bonds is 4. The molecule has 1 aliphatic heterocycles. The number of fused-ring (bicyclic) bond motifs is 1. The van der Waals surface area contributed by atoms with Crippen LogP contribution in [0.3, 0.4) is 0 Å². The lowest BCUT2D eigenvalue weighted by atomic mass is 10.1. The summed E-state index contributed by atoms with van der Waals surface area (Å²) in [6.45, 7) is 3.40. The van der Waals surface area contributed by atoms with E-state index in [0.29, 0.717) is 19.3 Å². The number of anilines is 1. The molecule has 1 unspecified atom stereocenters. The minimum atomic E-state index is 0.314. The highest BCUT2D eigenvalue weighted by Crippen LogP contribution is 2.39. The molecule has 1 atom stereocenters. The second-order valence-corrected chi connectivity index (χ2v) is 6.43. The van der Waals surface area contributed by atoms with Gasteiger partial charge < -0.3 is 14.8 Å². The van der Waals surface area contributed by atoms with E-state index in [9.17, 15) is 0 Å². The summed E-state index contributed by atoms with van der Waals surface area (Å²) in [6.07, 6.45) is 1.03. The van der Waals surface area contributed by atoms with Gasteiger partial charge in [-0.25, -0.2) is 0 Å². The molecule has 106 valence electrons. The van der Waals surface area contributed by atoms with Gasteiger partial charge in [0.15, 0.2) is 11.5 Å². The summed E-state index contributed by atoms with van der Waals surface area (Å²) in [4.78, 5) is 1.34. The Morgan fingerprint density at radius 2 is 2.05 bits per heavy atom. The van der Waals surface area contributed by atoms with Crippen LogP contribution in [0.5, 0.6) is 11.5 Å². The lowest BCUT2D eigenvalue weighted by Gasteiger charge is -2.22. The van der Waals surface area contributed by atoms with E-state index in [1.807, 2.05) is 12.1 Å². The van der Waals surface area contributed by atoms with Crippen molar-refractivity contribution in [2.24, 2.45) is 0 Å². The largest absolute Gasteiger partial charge is 0.486 e. The first-order chi connectivity index (χ1) is 9.78. The number of thiophene rings is 1. The SMILES string of the molecule is CCC(Nc1cc2c(cc1Br)OCCO2)c1cccs1. The van der Waals surface area contributed by atoms with Crippen molar-refractivity contribution in [1.29, 1.82) is 0 Å². The standard InChI is InChI=1S/C15H16BrNO2S/c1-2-11(15-4-3-7-20-15)17-12-9-14-13(8-10(12)16)18-5-6-19-14/h3-4,7-9,11,17H,2,5-6H2,1H3. The summed E-state index contributed by atoms with van der Waals surface area (Å²) in [5, 5.41) is 5.69. The van der Waals surface area contributed by atoms with Crippen LogP contribution in [-0.4, -0.2) is 13.2 Å². The zero-order valence-electron chi connectivity index (χ0n) is 11.2. The van der Waals surface area contributed by atoms with E-state index in [4.69, 9.17) is 9.47 Å². The maximum Gasteiger partial charge on any atom is 0.163 e. The number of halogens is 1. The third-order valence-corrected chi connectivity index (χ3v) is 4.90. The van der Waals surface area contributed by atoms with Crippen LogP contribution in [0.25, 0.3) is 0 Å². The Hall–Kier alpha value is -1.20. The molecule has 2 aromatic rings. The molecule has 1 aromatic heterocycles. The smallest absolute Gasteiger partial charge is 0.163 e. The Balaban J connectivity index is 1.86. The van der Waals surface area contributed by atoms with Crippen molar-refractivity contribution in [1.82, 2.24) is 0 Å². The van der Waals surface area contributed by atoms with Crippen molar-refractivity contribution in [3.8, 4) is 11.5 Å². The van der Waals surface area contributed by atoms with Crippen LogP contribution in [0, 0.1) is 0 Å². The zero-order valence-corrected chi connectivity index (χ0v) is 13.6. The molecule has 2 heterocycles. The molecule has 1 N–H and O–H groups in total. The van der Waals surface area contributed by atoms with Crippen LogP contribution >= 0.6 is 27.3 Å². The van der Waals surface area contributed by atoms with E-state index in [-0.39, 0.29) is 0 Å². The van der Waals surface area contributed by atoms with Gasteiger partial charge in [-0.3, -0.25) is 0 Å². The van der Waals surface area contributed by atoms with Crippen LogP contribution in [-0.2, 0) is 0 Å². The van der Waals surface area contributed by atoms with E-state index in [0.717, 1.165) is 28.1 Å². The molecular formula is C15H16BrNO2S. The monoisotopic (exact) mass is 353 g/mol. The predicted molar refractivity (Wildman–Crippen MR) is 86.1 cm³/mol. The lowest BCUT2D eigenvalue weighted by molar-refractivity contribution is 0.171. The van der Waals surface area contributed by atoms with E-state index >= 15 is 0 Å². The van der Waals surface area contributed by atoms with Crippen molar-refractivity contribution in [3.63, 3.8) is 0 Å². The Bertz CT molecular complexity index is 586. The third kappa shape index (κ3) is 2.79. The van der Waals surface area contributed by atoms with Gasteiger partial charge >= 0.3 is 0 Å². The van der Waals surface area contributed by atoms with Crippen LogP contribution in [0.2, 0.25) is 0 Å². The van der Waals surface area contributed by atoms with E-state index < -0.39 is 0 Å². The van der Waals surface area contributed by atoms with Gasteiger partial charge in [-0.05, 0) is 33.8 Å². The van der Waals surface area contributed by atoms with E-state index in [1.165, 1.54) is 4.88 Å². The zero-order chi connectivity index (χ0) is 13.9. The fourth-order valence-corrected chi connectivity index (χ4v) is 3.52. The highest BCUT2D eigenvalue weighted by atomic mass is 79.9. The van der Waals surface area contributed by atoms with Crippen LogP contribution < -0.4 is 14.8 Å². The highest BCUT2D eigenvalue weighted by Gasteiger charge is 2.17. The van der Waals surface area contributed by atoms with Crippen molar-refractivity contribution >= 4 is 33.0 Å². The number of hydrogen-bond donors (Lipinski definition) is 1. The van der Waals surface area contributed by atoms with Gasteiger partial charge in [0.25, 0.3) is 0 Å². The fourth-order valence-electron chi connectivity index (χ4n) is 2.23. The Morgan fingerprint density at radius 3 is 2.70 bits per heavy atom. The van der Waals surface area contributed by atoms with Crippen molar-refractivity contribution < 1.29 is 9.47 Å². The summed E-state index contributed by atoms with van der Waals surface area (Å²) >= 11 is 5.38. The molecule has 0 radical (unpaired) electrons. The van der Waals surface area contributed by atoms with Crippen molar-refractivity contribution in [3.05, 3.63) is 39.0 Å². The molecule has 1 aromatic carbocycles. The van der Waals surface area contributed by atoms with Crippen molar-refractivity contribution in [2.75, 3.05) is 18.5 Å². The number of nitrogens with one attached hydrogen (secondary N) is 1. The molecule has 0 saturated carbocycles. The second kappa shape index (κ2) is 6.06. The average Bonchev–Trinajstić information content (AvgIpc) is 2.99. The Morgan fingerprint density at radius 1 is 1.30 bits per heavy atom. The van der Waals surface area contributed by atoms with Crippen molar-refractivity contribution in [2.45, 2.75) is 19.4 Å². The number of benzene rings is 1. The predicted octanol–water partition coefficient (Wildman–Crippen LogP) is 4.85. The van der Waals surface area contributed by atoms with Gasteiger partial charge in [-0.15, -0.1) is 11.3 Å². The molecular weight excluding hydrogens is 338 g/mol. The molecule has 0 aliphatic carbocycles. The summed E-state index contributed by atoms with van der Waals surface area (Å²) in [7, 11) is 0. The Kier molecular flexibility index (Phi) is 4.17. The summed E-state index contributed by atoms with van der Waals surface area (Å²) in [6, 6.07) is 8.54. The summed E-state index contributed by atoms with van der Waals surface area (Å²) < 4.78 is 12.2. The van der Waals surface area contributed by atoms with Gasteiger partial charge in [0.05, 0.1) is 11.7 Å². The molecule has 1 aliphatic rings. The molecule has 20 heavy (non-hydrogen) atoms. The first kappa shape index (κ1) is 13.8. The van der Waals surface area contributed by atoms with Gasteiger partial charge in [0.1, 0.15) is 13.2 Å². The molecule has 0 saturated heterocycles. The van der Waals surface area contributed by atoms with Crippen LogP contribution in [0.4, 0.5) is 5.69 Å². The molecule has 0 bridgehead atoms. The van der Waals surface area contributed by atoms with Crippen LogP contribution in [0.1, 0.15) is 24.3 Å². The quantitative estimate of drug-likeness (QED) is 0.852. The molecule has 0 fully saturated rings. The first-order valence-electron chi connectivity index (χ1n) is 6.67. The molecule has 3 rings (SSSR count). The van der Waals surface area contributed by atoms with Gasteiger partial charge in [0, 0.05) is 21.5 Å². The normalized spacial score (nSPS) is 14.9. The maximum absolute atomic E-state index is 5.64. The first-order valence-corrected chi connectivity index (χ1v) is 8.34. The van der Waals surface area contributed by atoms with Crippen LogP contribution in [0.15, 0.2) is 34.1 Å². The Labute approximate surface area is 131 Å². The molecule has 3 nitrogen and oxygen atoms in total. The maximum atomic E-state index is 5.64. The fraction of sp³-hybridized carbons (Fsp3) is 0.333. The minimum Gasteiger partial charge on any atom is -0.486 e. The third-order valence-electron chi connectivity index (χ3n) is 3.26. The molecule has 0 spiro atoms. The average molecular weight is 354 g/mol. The topological polar surface area (TPSA) is 30.5 Å². The minimum absolute atomic E-state index is 0.314. The molecule has 0 amide bonds. The van der Waals surface area contributed by atoms with Gasteiger partial charge in [-0.2, -0.15) is 0 Å². The van der Waals surface area contributed by atoms with Gasteiger partial charge in [-0.1, -0.05) is 13.0 Å². The van der Waals surface area contributed by atoms with E-state index in [2.05, 4.69) is 45.7 Å². The summed E-state index contributed by atoms with van der Waals surface area (Å²) in [5.74, 6) is 1.61. The van der Waals surface area contributed by atoms with E-state index in [1.54, 1.807) is 11.3 Å². The highest BCUT2D eigenvalue weighted by molar-refractivity contribution is 9.10. The number of hydrogen-bond acceptors (Lipinski definition) is 4. The van der Waals surface area contributed by atoms with Gasteiger partial charge in [0.2, 0.25) is 0 Å². The lowest BCUT2D eigenvalue weighted by Crippen LogP contribution is -2.16. The number of ether oxygens (including phenoxy) is 2. The molecule has 5 heteroatoms. The second-order valence-electron chi connectivity index (χ2n) is 4.60.